The van der Waals surface area contributed by atoms with Gasteiger partial charge >= 0.3 is 0 Å². The number of carbonyl (C=O) groups excluding carboxylic acids is 2. The van der Waals surface area contributed by atoms with E-state index in [9.17, 15) is 9.59 Å². The van der Waals surface area contributed by atoms with E-state index in [0.29, 0.717) is 30.6 Å². The van der Waals surface area contributed by atoms with Crippen LogP contribution in [0.15, 0.2) is 125 Å². The summed E-state index contributed by atoms with van der Waals surface area (Å²) in [4.78, 5) is 36.8. The number of nitrogen functional groups attached to an aromatic ring is 2. The fraction of sp³-hybridized carbons (Fsp3) is 0.260. The number of nitrogens with two attached hydrogens (primary N) is 2. The Morgan fingerprint density at radius 1 is 0.690 bits per heavy atom. The lowest BCUT2D eigenvalue weighted by Gasteiger charge is -2.16. The highest BCUT2D eigenvalue weighted by Gasteiger charge is 2.23. The SMILES string of the molecule is CC1=CC(=Nc2cc(C)c(N)cc2Nc2ccccc2)CC=C1C(=O)CCCCCCCCC(=O)c1cc2c(cc1C)nc1cc(C)c(N)cc1[n+]2-c1ccccc1. The van der Waals surface area contributed by atoms with Gasteiger partial charge in [-0.25, -0.2) is 4.98 Å². The molecule has 0 saturated heterocycles. The van der Waals surface area contributed by atoms with E-state index in [1.807, 2.05) is 125 Å². The van der Waals surface area contributed by atoms with Crippen LogP contribution in [0.3, 0.4) is 0 Å². The number of aromatic nitrogens is 2. The van der Waals surface area contributed by atoms with Gasteiger partial charge in [0.15, 0.2) is 11.6 Å². The summed E-state index contributed by atoms with van der Waals surface area (Å²) in [6.45, 7) is 7.97. The van der Waals surface area contributed by atoms with Crippen LogP contribution in [0.2, 0.25) is 0 Å². The first-order chi connectivity index (χ1) is 28.0. The van der Waals surface area contributed by atoms with E-state index in [1.165, 1.54) is 0 Å². The Bertz CT molecular complexity index is 2610. The molecule has 8 heteroatoms. The van der Waals surface area contributed by atoms with Crippen LogP contribution in [0.5, 0.6) is 0 Å². The van der Waals surface area contributed by atoms with Crippen molar-refractivity contribution in [3.63, 3.8) is 0 Å². The summed E-state index contributed by atoms with van der Waals surface area (Å²) in [7, 11) is 0. The first-order valence-electron chi connectivity index (χ1n) is 20.4. The minimum Gasteiger partial charge on any atom is -0.398 e. The number of ketones is 2. The van der Waals surface area contributed by atoms with Crippen LogP contribution in [0.1, 0.15) is 91.8 Å². The number of rotatable bonds is 15. The van der Waals surface area contributed by atoms with E-state index in [1.54, 1.807) is 0 Å². The van der Waals surface area contributed by atoms with E-state index in [-0.39, 0.29) is 11.6 Å². The van der Waals surface area contributed by atoms with Crippen LogP contribution in [-0.4, -0.2) is 22.3 Å². The maximum Gasteiger partial charge on any atom is 0.239 e. The first kappa shape index (κ1) is 39.8. The quantitative estimate of drug-likeness (QED) is 0.0314. The van der Waals surface area contributed by atoms with Crippen molar-refractivity contribution in [2.24, 2.45) is 4.99 Å². The van der Waals surface area contributed by atoms with Crippen molar-refractivity contribution < 1.29 is 14.2 Å². The molecule has 0 spiro atoms. The van der Waals surface area contributed by atoms with Crippen LogP contribution in [0.4, 0.5) is 28.4 Å². The van der Waals surface area contributed by atoms with Crippen LogP contribution in [0, 0.1) is 20.8 Å². The summed E-state index contributed by atoms with van der Waals surface area (Å²) in [6.07, 6.45) is 11.4. The molecule has 0 amide bonds. The van der Waals surface area contributed by atoms with Gasteiger partial charge in [0.1, 0.15) is 11.0 Å². The minimum absolute atomic E-state index is 0.151. The van der Waals surface area contributed by atoms with Gasteiger partial charge in [0.25, 0.3) is 0 Å². The van der Waals surface area contributed by atoms with Crippen LogP contribution in [-0.2, 0) is 4.79 Å². The fourth-order valence-corrected chi connectivity index (χ4v) is 7.78. The van der Waals surface area contributed by atoms with Gasteiger partial charge in [-0.15, -0.1) is 4.57 Å². The van der Waals surface area contributed by atoms with Gasteiger partial charge in [-0.1, -0.05) is 68.2 Å². The molecule has 294 valence electrons. The molecule has 5 aromatic carbocycles. The number of hydrogen-bond acceptors (Lipinski definition) is 7. The van der Waals surface area contributed by atoms with Gasteiger partial charge in [-0.05, 0) is 105 Å². The summed E-state index contributed by atoms with van der Waals surface area (Å²) in [6, 6.07) is 32.1. The zero-order chi connectivity index (χ0) is 40.8. The smallest absolute Gasteiger partial charge is 0.239 e. The van der Waals surface area contributed by atoms with Gasteiger partial charge in [0.2, 0.25) is 16.7 Å². The number of para-hydroxylation sites is 2. The van der Waals surface area contributed by atoms with Gasteiger partial charge in [0, 0.05) is 77.4 Å². The summed E-state index contributed by atoms with van der Waals surface area (Å²) >= 11 is 0. The third-order valence-electron chi connectivity index (χ3n) is 11.1. The predicted octanol–water partition coefficient (Wildman–Crippen LogP) is 11.4. The average molecular weight is 770 g/mol. The first-order valence-corrected chi connectivity index (χ1v) is 20.4. The number of unbranched alkanes of at least 4 members (excludes halogenated alkanes) is 5. The normalized spacial score (nSPS) is 13.5. The standard InChI is InChI=1S/C50H52N6O2/c1-32-25-37(54-43-27-34(3)41(51)30-44(43)53-36-17-11-9-12-18-36)23-24-39(32)49(57)21-15-7-5-6-8-16-22-50(58)40-29-47-45(26-33(40)2)55-46-28-35(4)42(52)31-48(46)56(47)38-19-13-10-14-20-38/h9-14,17-20,24-31,52-53H,5-8,15-16,21-23,51H2,1-4H3/p+1. The molecule has 1 aromatic heterocycles. The van der Waals surface area contributed by atoms with Crippen LogP contribution in [0.25, 0.3) is 27.8 Å². The largest absolute Gasteiger partial charge is 0.398 e. The highest BCUT2D eigenvalue weighted by atomic mass is 16.1. The lowest BCUT2D eigenvalue weighted by Crippen LogP contribution is -2.33. The molecule has 0 aliphatic heterocycles. The maximum absolute atomic E-state index is 13.6. The van der Waals surface area contributed by atoms with Gasteiger partial charge in [-0.2, -0.15) is 0 Å². The zero-order valence-electron chi connectivity index (χ0n) is 34.1. The molecule has 1 aliphatic rings. The molecule has 7 rings (SSSR count). The van der Waals surface area contributed by atoms with Crippen LogP contribution < -0.4 is 21.4 Å². The lowest BCUT2D eigenvalue weighted by atomic mass is 9.92. The number of carbonyl (C=O) groups is 2. The van der Waals surface area contributed by atoms with Gasteiger partial charge in [0.05, 0.1) is 11.4 Å². The molecule has 1 aliphatic carbocycles. The van der Waals surface area contributed by atoms with Crippen molar-refractivity contribution in [3.8, 4) is 5.69 Å². The molecule has 58 heavy (non-hydrogen) atoms. The number of fused-ring (bicyclic) bond motifs is 2. The van der Waals surface area contributed by atoms with E-state index < -0.39 is 0 Å². The Morgan fingerprint density at radius 3 is 1.97 bits per heavy atom. The summed E-state index contributed by atoms with van der Waals surface area (Å²) in [5.74, 6) is 0.340. The molecular formula is C50H53N6O2+. The highest BCUT2D eigenvalue weighted by Crippen LogP contribution is 2.34. The molecule has 8 nitrogen and oxygen atoms in total. The van der Waals surface area contributed by atoms with Crippen molar-refractivity contribution in [2.45, 2.75) is 85.5 Å². The Morgan fingerprint density at radius 2 is 1.28 bits per heavy atom. The van der Waals surface area contributed by atoms with Crippen molar-refractivity contribution in [1.82, 2.24) is 4.98 Å². The second kappa shape index (κ2) is 17.8. The van der Waals surface area contributed by atoms with E-state index >= 15 is 0 Å². The average Bonchev–Trinajstić information content (AvgIpc) is 3.21. The molecule has 0 fully saturated rings. The molecule has 0 bridgehead atoms. The number of benzene rings is 5. The Hall–Kier alpha value is -6.41. The molecule has 5 N–H and O–H groups in total. The van der Waals surface area contributed by atoms with Crippen molar-refractivity contribution in [1.29, 1.82) is 0 Å². The Labute approximate surface area is 341 Å². The summed E-state index contributed by atoms with van der Waals surface area (Å²) in [5.41, 5.74) is 27.4. The Balaban J connectivity index is 0.897. The van der Waals surface area contributed by atoms with E-state index in [2.05, 4.69) is 22.0 Å². The minimum atomic E-state index is 0.151. The zero-order valence-corrected chi connectivity index (χ0v) is 34.1. The molecular weight excluding hydrogens is 717 g/mol. The number of nitrogens with zero attached hydrogens (tertiary/aromatic N) is 3. The third-order valence-corrected chi connectivity index (χ3v) is 11.1. The molecule has 0 atom stereocenters. The van der Waals surface area contributed by atoms with Crippen molar-refractivity contribution >= 4 is 67.8 Å². The molecule has 1 heterocycles. The van der Waals surface area contributed by atoms with Crippen molar-refractivity contribution in [2.75, 3.05) is 16.8 Å². The molecule has 0 saturated carbocycles. The number of aryl methyl sites for hydroxylation is 3. The number of Topliss-reactive ketones (excluding diaryl/α,β-unsaturated/α-hetero) is 2. The van der Waals surface area contributed by atoms with Gasteiger partial charge in [-0.3, -0.25) is 14.6 Å². The monoisotopic (exact) mass is 769 g/mol. The molecule has 0 radical (unpaired) electrons. The second-order valence-corrected chi connectivity index (χ2v) is 15.6. The molecule has 0 unspecified atom stereocenters. The van der Waals surface area contributed by atoms with Crippen LogP contribution >= 0.6 is 0 Å². The topological polar surface area (TPSA) is 127 Å². The lowest BCUT2D eigenvalue weighted by molar-refractivity contribution is -0.538. The number of allylic oxidation sites excluding steroid dienone is 4. The number of hydrogen-bond donors (Lipinski definition) is 3. The van der Waals surface area contributed by atoms with E-state index in [4.69, 9.17) is 21.4 Å². The number of aliphatic imine (C=N–C) groups is 1. The maximum atomic E-state index is 13.6. The number of anilines is 4. The van der Waals surface area contributed by atoms with E-state index in [0.717, 1.165) is 122 Å². The Kier molecular flexibility index (Phi) is 12.2. The second-order valence-electron chi connectivity index (χ2n) is 15.6. The molecule has 6 aromatic rings. The number of nitrogens with one attached hydrogen (secondary N) is 1. The summed E-state index contributed by atoms with van der Waals surface area (Å²) < 4.78 is 2.16. The van der Waals surface area contributed by atoms with Crippen molar-refractivity contribution in [3.05, 3.63) is 143 Å². The fourth-order valence-electron chi connectivity index (χ4n) is 7.78. The van der Waals surface area contributed by atoms with Gasteiger partial charge < -0.3 is 16.8 Å². The summed E-state index contributed by atoms with van der Waals surface area (Å²) in [5, 5.41) is 3.45. The highest BCUT2D eigenvalue weighted by molar-refractivity contribution is 6.08. The third kappa shape index (κ3) is 9.07. The predicted molar refractivity (Wildman–Crippen MR) is 240 cm³/mol.